The van der Waals surface area contributed by atoms with Gasteiger partial charge in [0.1, 0.15) is 23.6 Å². The lowest BCUT2D eigenvalue weighted by atomic mass is 10.1. The number of ether oxygens (including phenoxy) is 2. The summed E-state index contributed by atoms with van der Waals surface area (Å²) in [6, 6.07) is 19.5. The van der Waals surface area contributed by atoms with Crippen molar-refractivity contribution >= 4 is 38.5 Å². The van der Waals surface area contributed by atoms with Gasteiger partial charge in [0, 0.05) is 5.56 Å². The molecule has 8 heteroatoms. The first-order valence-corrected chi connectivity index (χ1v) is 10.2. The average molecular weight is 433 g/mol. The zero-order valence-electron chi connectivity index (χ0n) is 16.6. The smallest absolute Gasteiger partial charge is 0.257 e. The number of hydrogen-bond acceptors (Lipinski definition) is 6. The fraction of sp³-hybridized carbons (Fsp3) is 0.0870. The molecule has 1 heterocycles. The van der Waals surface area contributed by atoms with E-state index in [1.807, 2.05) is 24.3 Å². The van der Waals surface area contributed by atoms with Crippen LogP contribution in [0.1, 0.15) is 26.3 Å². The van der Waals surface area contributed by atoms with Crippen LogP contribution in [-0.2, 0) is 6.61 Å². The van der Waals surface area contributed by atoms with Crippen LogP contribution in [0.15, 0.2) is 66.7 Å². The Morgan fingerprint density at radius 2 is 1.81 bits per heavy atom. The van der Waals surface area contributed by atoms with Crippen molar-refractivity contribution in [1.82, 2.24) is 4.98 Å². The first-order valence-electron chi connectivity index (χ1n) is 9.40. The van der Waals surface area contributed by atoms with Gasteiger partial charge in [-0.3, -0.25) is 14.9 Å². The van der Waals surface area contributed by atoms with E-state index in [1.54, 1.807) is 49.6 Å². The SMILES string of the molecule is COc1cccc2sc(NC(=O)c3cccc(COc4ccccc4C(N)=O)c3)nc12. The maximum Gasteiger partial charge on any atom is 0.257 e. The van der Waals surface area contributed by atoms with Gasteiger partial charge in [-0.15, -0.1) is 0 Å². The van der Waals surface area contributed by atoms with Crippen LogP contribution < -0.4 is 20.5 Å². The Morgan fingerprint density at radius 3 is 2.61 bits per heavy atom. The molecule has 0 radical (unpaired) electrons. The third kappa shape index (κ3) is 4.49. The van der Waals surface area contributed by atoms with E-state index >= 15 is 0 Å². The van der Waals surface area contributed by atoms with Crippen molar-refractivity contribution in [3.63, 3.8) is 0 Å². The van der Waals surface area contributed by atoms with Gasteiger partial charge in [0.15, 0.2) is 5.13 Å². The van der Waals surface area contributed by atoms with Gasteiger partial charge in [0.05, 0.1) is 17.4 Å². The molecule has 3 N–H and O–H groups in total. The second kappa shape index (κ2) is 8.85. The largest absolute Gasteiger partial charge is 0.494 e. The third-order valence-corrected chi connectivity index (χ3v) is 5.49. The predicted octanol–water partition coefficient (Wildman–Crippen LogP) is 4.24. The van der Waals surface area contributed by atoms with Crippen molar-refractivity contribution in [1.29, 1.82) is 0 Å². The molecule has 0 saturated heterocycles. The van der Waals surface area contributed by atoms with Crippen molar-refractivity contribution in [3.8, 4) is 11.5 Å². The standard InChI is InChI=1S/C23H19N3O4S/c1-29-18-10-5-11-19-20(18)25-23(31-19)26-22(28)15-7-4-6-14(12-15)13-30-17-9-3-2-8-16(17)21(24)27/h2-12H,13H2,1H3,(H2,24,27)(H,25,26,28). The van der Waals surface area contributed by atoms with Crippen LogP contribution in [0.4, 0.5) is 5.13 Å². The number of fused-ring (bicyclic) bond motifs is 1. The molecule has 0 unspecified atom stereocenters. The van der Waals surface area contributed by atoms with E-state index in [0.717, 1.165) is 10.3 Å². The molecule has 4 rings (SSSR count). The summed E-state index contributed by atoms with van der Waals surface area (Å²) in [4.78, 5) is 28.7. The number of amides is 2. The number of aromatic nitrogens is 1. The third-order valence-electron chi connectivity index (χ3n) is 4.56. The summed E-state index contributed by atoms with van der Waals surface area (Å²) in [5.74, 6) is 0.214. The minimum Gasteiger partial charge on any atom is -0.494 e. The van der Waals surface area contributed by atoms with Crippen molar-refractivity contribution in [2.45, 2.75) is 6.61 Å². The summed E-state index contributed by atoms with van der Waals surface area (Å²) in [5, 5.41) is 3.32. The topological polar surface area (TPSA) is 104 Å². The van der Waals surface area contributed by atoms with Gasteiger partial charge < -0.3 is 15.2 Å². The molecule has 0 aliphatic rings. The molecule has 0 aliphatic carbocycles. The second-order valence-corrected chi connectivity index (χ2v) is 7.66. The summed E-state index contributed by atoms with van der Waals surface area (Å²) < 4.78 is 12.0. The normalized spacial score (nSPS) is 10.6. The molecule has 7 nitrogen and oxygen atoms in total. The van der Waals surface area contributed by atoms with E-state index in [1.165, 1.54) is 11.3 Å². The highest BCUT2D eigenvalue weighted by Gasteiger charge is 2.13. The number of rotatable bonds is 7. The number of carbonyl (C=O) groups is 2. The number of nitrogens with one attached hydrogen (secondary N) is 1. The molecule has 3 aromatic carbocycles. The lowest BCUT2D eigenvalue weighted by Crippen LogP contribution is -2.13. The van der Waals surface area contributed by atoms with E-state index < -0.39 is 5.91 Å². The number of benzene rings is 3. The maximum atomic E-state index is 12.7. The van der Waals surface area contributed by atoms with Crippen LogP contribution in [0.3, 0.4) is 0 Å². The molecule has 0 bridgehead atoms. The van der Waals surface area contributed by atoms with Crippen molar-refractivity contribution in [2.24, 2.45) is 5.73 Å². The van der Waals surface area contributed by atoms with E-state index in [2.05, 4.69) is 10.3 Å². The maximum absolute atomic E-state index is 12.7. The summed E-state index contributed by atoms with van der Waals surface area (Å²) >= 11 is 1.37. The molecular weight excluding hydrogens is 414 g/mol. The fourth-order valence-corrected chi connectivity index (χ4v) is 3.95. The first-order chi connectivity index (χ1) is 15.0. The second-order valence-electron chi connectivity index (χ2n) is 6.63. The van der Waals surface area contributed by atoms with Gasteiger partial charge in [-0.05, 0) is 42.0 Å². The van der Waals surface area contributed by atoms with Gasteiger partial charge in [-0.1, -0.05) is 41.7 Å². The molecule has 156 valence electrons. The Bertz CT molecular complexity index is 1270. The molecule has 2 amide bonds. The highest BCUT2D eigenvalue weighted by atomic mass is 32.1. The molecule has 0 aliphatic heterocycles. The van der Waals surface area contributed by atoms with Crippen LogP contribution in [0.25, 0.3) is 10.2 Å². The van der Waals surface area contributed by atoms with Gasteiger partial charge >= 0.3 is 0 Å². The highest BCUT2D eigenvalue weighted by molar-refractivity contribution is 7.22. The fourth-order valence-electron chi connectivity index (χ4n) is 3.07. The van der Waals surface area contributed by atoms with Crippen molar-refractivity contribution in [3.05, 3.63) is 83.4 Å². The minimum atomic E-state index is -0.559. The molecule has 4 aromatic rings. The quantitative estimate of drug-likeness (QED) is 0.454. The van der Waals surface area contributed by atoms with E-state index in [0.29, 0.717) is 33.3 Å². The molecule has 0 spiro atoms. The number of primary amides is 1. The van der Waals surface area contributed by atoms with Gasteiger partial charge in [-0.2, -0.15) is 0 Å². The number of nitrogens with two attached hydrogens (primary N) is 1. The number of anilines is 1. The number of thiazole rings is 1. The van der Waals surface area contributed by atoms with Crippen LogP contribution >= 0.6 is 11.3 Å². The number of hydrogen-bond donors (Lipinski definition) is 2. The van der Waals surface area contributed by atoms with E-state index in [-0.39, 0.29) is 12.5 Å². The number of nitrogens with zero attached hydrogens (tertiary/aromatic N) is 1. The molecule has 1 aromatic heterocycles. The number of carbonyl (C=O) groups excluding carboxylic acids is 2. The van der Waals surface area contributed by atoms with Crippen LogP contribution in [-0.4, -0.2) is 23.9 Å². The van der Waals surface area contributed by atoms with Crippen LogP contribution in [0.2, 0.25) is 0 Å². The van der Waals surface area contributed by atoms with Crippen LogP contribution in [0, 0.1) is 0 Å². The summed E-state index contributed by atoms with van der Waals surface area (Å²) in [6.07, 6.45) is 0. The molecule has 0 fully saturated rings. The number of para-hydroxylation sites is 2. The number of methoxy groups -OCH3 is 1. The van der Waals surface area contributed by atoms with Crippen molar-refractivity contribution in [2.75, 3.05) is 12.4 Å². The summed E-state index contributed by atoms with van der Waals surface area (Å²) in [5.41, 5.74) is 7.64. The molecule has 31 heavy (non-hydrogen) atoms. The Hall–Kier alpha value is -3.91. The Labute approximate surface area is 182 Å². The average Bonchev–Trinajstić information content (AvgIpc) is 3.20. The monoisotopic (exact) mass is 433 g/mol. The first kappa shape index (κ1) is 20.4. The van der Waals surface area contributed by atoms with E-state index in [4.69, 9.17) is 15.2 Å². The van der Waals surface area contributed by atoms with Crippen LogP contribution in [0.5, 0.6) is 11.5 Å². The lowest BCUT2D eigenvalue weighted by Gasteiger charge is -2.10. The predicted molar refractivity (Wildman–Crippen MR) is 120 cm³/mol. The summed E-state index contributed by atoms with van der Waals surface area (Å²) in [6.45, 7) is 0.184. The van der Waals surface area contributed by atoms with Crippen molar-refractivity contribution < 1.29 is 19.1 Å². The zero-order chi connectivity index (χ0) is 21.8. The van der Waals surface area contributed by atoms with Gasteiger partial charge in [0.2, 0.25) is 0 Å². The zero-order valence-corrected chi connectivity index (χ0v) is 17.4. The Kier molecular flexibility index (Phi) is 5.81. The lowest BCUT2D eigenvalue weighted by molar-refractivity contribution is 0.0994. The molecule has 0 atom stereocenters. The van der Waals surface area contributed by atoms with Gasteiger partial charge in [0.25, 0.3) is 11.8 Å². The van der Waals surface area contributed by atoms with E-state index in [9.17, 15) is 9.59 Å². The molecule has 0 saturated carbocycles. The molecular formula is C23H19N3O4S. The summed E-state index contributed by atoms with van der Waals surface area (Å²) in [7, 11) is 1.59. The highest BCUT2D eigenvalue weighted by Crippen LogP contribution is 2.32. The Morgan fingerprint density at radius 1 is 1.03 bits per heavy atom. The van der Waals surface area contributed by atoms with Gasteiger partial charge in [-0.25, -0.2) is 4.98 Å². The minimum absolute atomic E-state index is 0.184. The Balaban J connectivity index is 1.48.